The molecule has 6 heteroatoms. The highest BCUT2D eigenvalue weighted by molar-refractivity contribution is 5.97. The quantitative estimate of drug-likeness (QED) is 0.638. The first kappa shape index (κ1) is 18.5. The first-order valence-corrected chi connectivity index (χ1v) is 8.49. The van der Waals surface area contributed by atoms with Crippen LogP contribution in [0.1, 0.15) is 29.8 Å². The summed E-state index contributed by atoms with van der Waals surface area (Å²) in [5.41, 5.74) is 2.52. The summed E-state index contributed by atoms with van der Waals surface area (Å²) in [6.07, 6.45) is 1.49. The van der Waals surface area contributed by atoms with Gasteiger partial charge in [0.2, 0.25) is 0 Å². The fourth-order valence-electron chi connectivity index (χ4n) is 3.36. The topological polar surface area (TPSA) is 87.1 Å². The third-order valence-corrected chi connectivity index (χ3v) is 4.78. The van der Waals surface area contributed by atoms with E-state index >= 15 is 0 Å². The third-order valence-electron chi connectivity index (χ3n) is 4.78. The van der Waals surface area contributed by atoms with E-state index in [4.69, 9.17) is 4.74 Å². The summed E-state index contributed by atoms with van der Waals surface area (Å²) in [6, 6.07) is 11.5. The number of allylic oxidation sites excluding steroid dienone is 1. The van der Waals surface area contributed by atoms with Crippen molar-refractivity contribution >= 4 is 17.4 Å². The van der Waals surface area contributed by atoms with E-state index in [2.05, 4.69) is 0 Å². The number of hydrogen-bond donors (Lipinski definition) is 2. The Kier molecular flexibility index (Phi) is 4.66. The predicted octanol–water partition coefficient (Wildman–Crippen LogP) is 3.14. The molecule has 0 saturated carbocycles. The van der Waals surface area contributed by atoms with Crippen molar-refractivity contribution in [2.45, 2.75) is 19.3 Å². The monoisotopic (exact) mass is 367 g/mol. The smallest absolute Gasteiger partial charge is 0.342 e. The largest absolute Gasteiger partial charge is 0.508 e. The third kappa shape index (κ3) is 3.38. The molecule has 0 fully saturated rings. The molecular weight excluding hydrogens is 346 g/mol. The lowest BCUT2D eigenvalue weighted by Gasteiger charge is -2.23. The van der Waals surface area contributed by atoms with Gasteiger partial charge in [0.05, 0.1) is 0 Å². The van der Waals surface area contributed by atoms with Gasteiger partial charge in [-0.1, -0.05) is 32.0 Å². The van der Waals surface area contributed by atoms with Crippen LogP contribution in [0, 0.1) is 0 Å². The number of ketones is 1. The highest BCUT2D eigenvalue weighted by Gasteiger charge is 2.38. The summed E-state index contributed by atoms with van der Waals surface area (Å²) in [6.45, 7) is 3.63. The summed E-state index contributed by atoms with van der Waals surface area (Å²) >= 11 is 0. The molecular formula is C21H21NO5. The van der Waals surface area contributed by atoms with Crippen molar-refractivity contribution in [1.82, 2.24) is 0 Å². The first-order valence-electron chi connectivity index (χ1n) is 8.49. The number of anilines is 1. The van der Waals surface area contributed by atoms with Crippen LogP contribution in [0.3, 0.4) is 0 Å². The maximum Gasteiger partial charge on any atom is 0.342 e. The first-order chi connectivity index (χ1) is 12.7. The molecule has 140 valence electrons. The standard InChI is InChI=1S/C21H21NO5/c1-21(2)16-6-4-5-7-17(16)22(3)19(21)11-14(24)12-27-20(26)15-9-8-13(23)10-18(15)25/h4-11,23,25H,12H2,1-3H3. The minimum Gasteiger partial charge on any atom is -0.508 e. The van der Waals surface area contributed by atoms with Gasteiger partial charge in [-0.25, -0.2) is 4.79 Å². The molecule has 6 nitrogen and oxygen atoms in total. The number of rotatable bonds is 4. The van der Waals surface area contributed by atoms with E-state index in [1.165, 1.54) is 18.2 Å². The molecule has 0 atom stereocenters. The van der Waals surface area contributed by atoms with Crippen molar-refractivity contribution in [2.24, 2.45) is 0 Å². The number of phenols is 2. The lowest BCUT2D eigenvalue weighted by molar-refractivity contribution is -0.117. The number of ether oxygens (including phenoxy) is 1. The SMILES string of the molecule is CN1C(=CC(=O)COC(=O)c2ccc(O)cc2O)C(C)(C)c2ccccc21. The number of carbonyl (C=O) groups is 2. The van der Waals surface area contributed by atoms with Gasteiger partial charge >= 0.3 is 5.97 Å². The van der Waals surface area contributed by atoms with Crippen LogP contribution in [0.2, 0.25) is 0 Å². The molecule has 0 unspecified atom stereocenters. The summed E-state index contributed by atoms with van der Waals surface area (Å²) < 4.78 is 5.01. The Morgan fingerprint density at radius 3 is 2.52 bits per heavy atom. The Morgan fingerprint density at radius 1 is 1.15 bits per heavy atom. The van der Waals surface area contributed by atoms with Crippen molar-refractivity contribution < 1.29 is 24.5 Å². The van der Waals surface area contributed by atoms with Crippen LogP contribution in [0.15, 0.2) is 54.2 Å². The van der Waals surface area contributed by atoms with Crippen molar-refractivity contribution in [2.75, 3.05) is 18.6 Å². The molecule has 27 heavy (non-hydrogen) atoms. The second-order valence-electron chi connectivity index (χ2n) is 6.97. The van der Waals surface area contributed by atoms with Crippen LogP contribution < -0.4 is 4.90 Å². The Morgan fingerprint density at radius 2 is 1.85 bits per heavy atom. The van der Waals surface area contributed by atoms with E-state index in [-0.39, 0.29) is 22.5 Å². The summed E-state index contributed by atoms with van der Waals surface area (Å²) in [5.74, 6) is -1.76. The second kappa shape index (κ2) is 6.79. The van der Waals surface area contributed by atoms with Gasteiger partial charge in [0.15, 0.2) is 12.4 Å². The molecule has 0 radical (unpaired) electrons. The maximum absolute atomic E-state index is 12.4. The minimum atomic E-state index is -0.832. The van der Waals surface area contributed by atoms with Crippen molar-refractivity contribution in [3.63, 3.8) is 0 Å². The van der Waals surface area contributed by atoms with Gasteiger partial charge in [0.25, 0.3) is 0 Å². The summed E-state index contributed by atoms with van der Waals surface area (Å²) in [4.78, 5) is 26.4. The zero-order valence-corrected chi connectivity index (χ0v) is 15.4. The molecule has 2 aromatic rings. The number of aromatic hydroxyl groups is 2. The van der Waals surface area contributed by atoms with Gasteiger partial charge in [-0.3, -0.25) is 4.79 Å². The highest BCUT2D eigenvalue weighted by atomic mass is 16.5. The number of fused-ring (bicyclic) bond motifs is 1. The fourth-order valence-corrected chi connectivity index (χ4v) is 3.36. The minimum absolute atomic E-state index is 0.112. The molecule has 0 bridgehead atoms. The molecule has 2 aromatic carbocycles. The number of hydrogen-bond acceptors (Lipinski definition) is 6. The number of esters is 1. The lowest BCUT2D eigenvalue weighted by atomic mass is 9.83. The van der Waals surface area contributed by atoms with Crippen LogP contribution in [-0.4, -0.2) is 35.6 Å². The van der Waals surface area contributed by atoms with Gasteiger partial charge in [-0.15, -0.1) is 0 Å². The molecule has 0 amide bonds. The van der Waals surface area contributed by atoms with Gasteiger partial charge in [-0.05, 0) is 23.8 Å². The molecule has 0 aliphatic carbocycles. The van der Waals surface area contributed by atoms with E-state index in [1.54, 1.807) is 0 Å². The highest BCUT2D eigenvalue weighted by Crippen LogP contribution is 2.46. The van der Waals surface area contributed by atoms with E-state index < -0.39 is 18.3 Å². The van der Waals surface area contributed by atoms with E-state index in [0.29, 0.717) is 0 Å². The Labute approximate surface area is 157 Å². The maximum atomic E-state index is 12.4. The van der Waals surface area contributed by atoms with Crippen molar-refractivity contribution in [1.29, 1.82) is 0 Å². The number of benzene rings is 2. The molecule has 0 aromatic heterocycles. The average Bonchev–Trinajstić information content (AvgIpc) is 2.81. The molecule has 0 saturated heterocycles. The van der Waals surface area contributed by atoms with Crippen LogP contribution in [-0.2, 0) is 14.9 Å². The van der Waals surface area contributed by atoms with Crippen molar-refractivity contribution in [3.05, 3.63) is 65.4 Å². The molecule has 2 N–H and O–H groups in total. The Bertz CT molecular complexity index is 945. The van der Waals surface area contributed by atoms with E-state index in [1.807, 2.05) is 50.1 Å². The van der Waals surface area contributed by atoms with Gasteiger partial charge < -0.3 is 19.8 Å². The van der Waals surface area contributed by atoms with Crippen LogP contribution >= 0.6 is 0 Å². The molecule has 1 aliphatic heterocycles. The molecule has 1 aliphatic rings. The zero-order valence-electron chi connectivity index (χ0n) is 15.4. The lowest BCUT2D eigenvalue weighted by Crippen LogP contribution is -2.25. The van der Waals surface area contributed by atoms with Crippen LogP contribution in [0.25, 0.3) is 0 Å². The van der Waals surface area contributed by atoms with Gasteiger partial charge in [0.1, 0.15) is 17.1 Å². The van der Waals surface area contributed by atoms with Crippen LogP contribution in [0.5, 0.6) is 11.5 Å². The Hall–Kier alpha value is -3.28. The fraction of sp³-hybridized carbons (Fsp3) is 0.238. The number of carbonyl (C=O) groups excluding carboxylic acids is 2. The Balaban J connectivity index is 1.73. The average molecular weight is 367 g/mol. The number of likely N-dealkylation sites (N-methyl/N-ethyl adjacent to an activating group) is 1. The second-order valence-corrected chi connectivity index (χ2v) is 6.97. The summed E-state index contributed by atoms with van der Waals surface area (Å²) in [7, 11) is 1.90. The normalized spacial score (nSPS) is 16.3. The number of phenolic OH excluding ortho intramolecular Hbond substituents is 2. The van der Waals surface area contributed by atoms with E-state index in [9.17, 15) is 19.8 Å². The van der Waals surface area contributed by atoms with Crippen LogP contribution in [0.4, 0.5) is 5.69 Å². The molecule has 1 heterocycles. The van der Waals surface area contributed by atoms with Gasteiger partial charge in [0, 0.05) is 36.0 Å². The van der Waals surface area contributed by atoms with Crippen molar-refractivity contribution in [3.8, 4) is 11.5 Å². The van der Waals surface area contributed by atoms with Gasteiger partial charge in [-0.2, -0.15) is 0 Å². The number of nitrogens with zero attached hydrogens (tertiary/aromatic N) is 1. The number of para-hydroxylation sites is 1. The molecule has 0 spiro atoms. The summed E-state index contributed by atoms with van der Waals surface area (Å²) in [5, 5.41) is 19.0. The predicted molar refractivity (Wildman–Crippen MR) is 101 cm³/mol. The van der Waals surface area contributed by atoms with E-state index in [0.717, 1.165) is 23.0 Å². The molecule has 3 rings (SSSR count). The zero-order chi connectivity index (χ0) is 19.8.